The molecule has 14 nitrogen and oxygen atoms in total. The summed E-state index contributed by atoms with van der Waals surface area (Å²) in [5, 5.41) is 30.0. The maximum Gasteiger partial charge on any atom is 0.294 e. The number of carbonyl (C=O) groups is 1. The summed E-state index contributed by atoms with van der Waals surface area (Å²) in [6.07, 6.45) is 2.13. The molecule has 0 saturated heterocycles. The summed E-state index contributed by atoms with van der Waals surface area (Å²) in [6.45, 7) is 2.57. The van der Waals surface area contributed by atoms with Crippen molar-refractivity contribution in [1.82, 2.24) is 30.7 Å². The Bertz CT molecular complexity index is 1380. The number of hydrogen-bond acceptors (Lipinski definition) is 11. The number of non-ortho nitro benzene ring substituents is 1. The van der Waals surface area contributed by atoms with Crippen LogP contribution in [0.1, 0.15) is 29.4 Å². The van der Waals surface area contributed by atoms with Crippen LogP contribution in [0.15, 0.2) is 58.3 Å². The van der Waals surface area contributed by atoms with E-state index >= 15 is 0 Å². The molecule has 0 atom stereocenters. The number of anilines is 1. The molecule has 0 aliphatic rings. The van der Waals surface area contributed by atoms with Crippen molar-refractivity contribution >= 4 is 23.6 Å². The van der Waals surface area contributed by atoms with E-state index < -0.39 is 10.8 Å². The topological polar surface area (TPSA) is 189 Å². The van der Waals surface area contributed by atoms with E-state index in [9.17, 15) is 14.9 Å². The molecule has 2 aromatic heterocycles. The largest absolute Gasteiger partial charge is 0.494 e. The van der Waals surface area contributed by atoms with Crippen molar-refractivity contribution < 1.29 is 19.1 Å². The molecule has 0 unspecified atom stereocenters. The Kier molecular flexibility index (Phi) is 6.71. The molecular formula is C21H19N9O5. The van der Waals surface area contributed by atoms with Crippen molar-refractivity contribution in [3.8, 4) is 22.8 Å². The zero-order valence-corrected chi connectivity index (χ0v) is 18.4. The molecule has 0 saturated carbocycles. The van der Waals surface area contributed by atoms with Gasteiger partial charge in [-0.05, 0) is 41.0 Å². The third-order valence-electron chi connectivity index (χ3n) is 4.64. The smallest absolute Gasteiger partial charge is 0.294 e. The zero-order chi connectivity index (χ0) is 24.8. The van der Waals surface area contributed by atoms with Crippen LogP contribution in [0, 0.1) is 10.1 Å². The highest BCUT2D eigenvalue weighted by Gasteiger charge is 2.25. The van der Waals surface area contributed by atoms with Gasteiger partial charge in [-0.1, -0.05) is 24.3 Å². The third kappa shape index (κ3) is 5.11. The molecule has 0 aliphatic carbocycles. The van der Waals surface area contributed by atoms with Crippen LogP contribution in [-0.2, 0) is 0 Å². The average Bonchev–Trinajstić information content (AvgIpc) is 3.49. The molecule has 178 valence electrons. The van der Waals surface area contributed by atoms with Crippen molar-refractivity contribution in [3.05, 3.63) is 69.9 Å². The monoisotopic (exact) mass is 477 g/mol. The van der Waals surface area contributed by atoms with E-state index in [0.29, 0.717) is 23.5 Å². The summed E-state index contributed by atoms with van der Waals surface area (Å²) >= 11 is 0. The summed E-state index contributed by atoms with van der Waals surface area (Å²) < 4.78 is 11.5. The van der Waals surface area contributed by atoms with E-state index in [4.69, 9.17) is 10.5 Å². The number of aromatic nitrogens is 5. The van der Waals surface area contributed by atoms with Gasteiger partial charge in [0.05, 0.1) is 17.7 Å². The van der Waals surface area contributed by atoms with E-state index in [1.165, 1.54) is 29.1 Å². The van der Waals surface area contributed by atoms with Gasteiger partial charge in [0.1, 0.15) is 11.4 Å². The quantitative estimate of drug-likeness (QED) is 0.205. The Morgan fingerprint density at radius 3 is 2.77 bits per heavy atom. The highest BCUT2D eigenvalue weighted by molar-refractivity contribution is 5.98. The first-order valence-electron chi connectivity index (χ1n) is 10.3. The molecule has 3 N–H and O–H groups in total. The van der Waals surface area contributed by atoms with Gasteiger partial charge >= 0.3 is 0 Å². The number of hydrazone groups is 1. The summed E-state index contributed by atoms with van der Waals surface area (Å²) in [5.41, 5.74) is 9.23. The SMILES string of the molecule is CCCOc1ccc(-c2c(C(=O)N/N=C/c3cccc([N+](=O)[O-])c3)nnn2-c2nonc2N)cc1. The second kappa shape index (κ2) is 10.2. The number of hydrogen-bond donors (Lipinski definition) is 2. The molecule has 0 fully saturated rings. The lowest BCUT2D eigenvalue weighted by atomic mass is 10.1. The zero-order valence-electron chi connectivity index (χ0n) is 18.4. The predicted molar refractivity (Wildman–Crippen MR) is 123 cm³/mol. The van der Waals surface area contributed by atoms with E-state index in [1.807, 2.05) is 6.92 Å². The number of benzene rings is 2. The molecule has 2 aromatic carbocycles. The lowest BCUT2D eigenvalue weighted by molar-refractivity contribution is -0.384. The van der Waals surface area contributed by atoms with E-state index in [0.717, 1.165) is 6.42 Å². The van der Waals surface area contributed by atoms with Gasteiger partial charge in [0, 0.05) is 23.3 Å². The number of amides is 1. The third-order valence-corrected chi connectivity index (χ3v) is 4.64. The van der Waals surface area contributed by atoms with Gasteiger partial charge in [0.2, 0.25) is 11.6 Å². The van der Waals surface area contributed by atoms with E-state index in [1.54, 1.807) is 30.3 Å². The Hall–Kier alpha value is -5.14. The predicted octanol–water partition coefficient (Wildman–Crippen LogP) is 2.36. The number of nitrogens with two attached hydrogens (primary N) is 1. The van der Waals surface area contributed by atoms with E-state index in [2.05, 4.69) is 35.8 Å². The van der Waals surface area contributed by atoms with Gasteiger partial charge in [0.25, 0.3) is 11.6 Å². The van der Waals surface area contributed by atoms with Crippen molar-refractivity contribution in [2.45, 2.75) is 13.3 Å². The van der Waals surface area contributed by atoms with Gasteiger partial charge in [0.15, 0.2) is 5.69 Å². The van der Waals surface area contributed by atoms with Gasteiger partial charge in [-0.3, -0.25) is 14.9 Å². The van der Waals surface area contributed by atoms with Crippen molar-refractivity contribution in [2.75, 3.05) is 12.3 Å². The summed E-state index contributed by atoms with van der Waals surface area (Å²) in [4.78, 5) is 23.3. The molecule has 35 heavy (non-hydrogen) atoms. The van der Waals surface area contributed by atoms with Gasteiger partial charge in [-0.25, -0.2) is 10.1 Å². The Morgan fingerprint density at radius 2 is 2.09 bits per heavy atom. The first-order valence-corrected chi connectivity index (χ1v) is 10.3. The van der Waals surface area contributed by atoms with Crippen LogP contribution in [0.4, 0.5) is 11.5 Å². The first kappa shape index (κ1) is 23.0. The maximum atomic E-state index is 12.9. The van der Waals surface area contributed by atoms with Crippen molar-refractivity contribution in [1.29, 1.82) is 0 Å². The first-order chi connectivity index (χ1) is 17.0. The van der Waals surface area contributed by atoms with Crippen LogP contribution in [0.3, 0.4) is 0 Å². The summed E-state index contributed by atoms with van der Waals surface area (Å²) in [5.74, 6) is -0.0216. The number of nitrogens with one attached hydrogen (secondary N) is 1. The van der Waals surface area contributed by atoms with Gasteiger partial charge in [-0.2, -0.15) is 9.78 Å². The molecule has 2 heterocycles. The normalized spacial score (nSPS) is 11.0. The number of nitro groups is 1. The highest BCUT2D eigenvalue weighted by Crippen LogP contribution is 2.28. The van der Waals surface area contributed by atoms with Crippen molar-refractivity contribution in [3.63, 3.8) is 0 Å². The van der Waals surface area contributed by atoms with Crippen LogP contribution in [0.25, 0.3) is 17.1 Å². The Morgan fingerprint density at radius 1 is 1.29 bits per heavy atom. The Balaban J connectivity index is 1.64. The highest BCUT2D eigenvalue weighted by atomic mass is 16.6. The number of nitro benzene ring substituents is 1. The van der Waals surface area contributed by atoms with Gasteiger partial charge in [-0.15, -0.1) is 5.10 Å². The van der Waals surface area contributed by atoms with E-state index in [-0.39, 0.29) is 28.7 Å². The molecule has 4 rings (SSSR count). The molecule has 0 spiro atoms. The fraction of sp³-hybridized carbons (Fsp3) is 0.143. The standard InChI is InChI=1S/C21H19N9O5/c1-2-10-34-16-8-6-14(7-9-16)18-17(24-28-29(18)20-19(22)26-35-27-20)21(31)25-23-12-13-4-3-5-15(11-13)30(32)33/h3-9,11-12H,2,10H2,1H3,(H2,22,26)(H,25,31)/b23-12+. The number of carbonyl (C=O) groups excluding carboxylic acids is 1. The molecule has 4 aromatic rings. The second-order valence-electron chi connectivity index (χ2n) is 7.10. The lowest BCUT2D eigenvalue weighted by Crippen LogP contribution is -2.19. The molecule has 14 heteroatoms. The van der Waals surface area contributed by atoms with Crippen LogP contribution in [0.2, 0.25) is 0 Å². The van der Waals surface area contributed by atoms with Crippen LogP contribution < -0.4 is 15.9 Å². The fourth-order valence-electron chi connectivity index (χ4n) is 3.05. The minimum absolute atomic E-state index is 0.0466. The van der Waals surface area contributed by atoms with Gasteiger partial charge < -0.3 is 10.5 Å². The van der Waals surface area contributed by atoms with Crippen LogP contribution >= 0.6 is 0 Å². The Labute approximate surface area is 197 Å². The van der Waals surface area contributed by atoms with Crippen LogP contribution in [-0.4, -0.2) is 49.0 Å². The number of ether oxygens (including phenoxy) is 1. The number of rotatable bonds is 9. The molecule has 1 amide bonds. The minimum Gasteiger partial charge on any atom is -0.494 e. The minimum atomic E-state index is -0.686. The molecular weight excluding hydrogens is 458 g/mol. The molecule has 0 radical (unpaired) electrons. The number of nitrogen functional groups attached to an aromatic ring is 1. The maximum absolute atomic E-state index is 12.9. The summed E-state index contributed by atoms with van der Waals surface area (Å²) in [7, 11) is 0. The second-order valence-corrected chi connectivity index (χ2v) is 7.10. The average molecular weight is 477 g/mol. The molecule has 0 aliphatic heterocycles. The number of nitrogens with zero attached hydrogens (tertiary/aromatic N) is 7. The van der Waals surface area contributed by atoms with Crippen LogP contribution in [0.5, 0.6) is 5.75 Å². The van der Waals surface area contributed by atoms with Crippen molar-refractivity contribution in [2.24, 2.45) is 5.10 Å². The summed E-state index contributed by atoms with van der Waals surface area (Å²) in [6, 6.07) is 12.7. The molecule has 0 bridgehead atoms. The fourth-order valence-corrected chi connectivity index (χ4v) is 3.05. The lowest BCUT2D eigenvalue weighted by Gasteiger charge is -2.08.